The van der Waals surface area contributed by atoms with E-state index in [-0.39, 0.29) is 17.3 Å². The number of aryl methyl sites for hydroxylation is 2. The highest BCUT2D eigenvalue weighted by Crippen LogP contribution is 2.29. The Morgan fingerprint density at radius 2 is 1.62 bits per heavy atom. The summed E-state index contributed by atoms with van der Waals surface area (Å²) in [5, 5.41) is 3.41. The Morgan fingerprint density at radius 3 is 2.23 bits per heavy atom. The number of carbonyl (C=O) groups excluding carboxylic acids is 2. The molecule has 208 valence electrons. The highest BCUT2D eigenvalue weighted by molar-refractivity contribution is 7.92. The molecule has 0 aliphatic carbocycles. The van der Waals surface area contributed by atoms with Crippen LogP contribution >= 0.6 is 23.2 Å². The standard InChI is InChI=1S/C29H33Cl2N3O4S/c1-5-23-9-7-8-10-27(23)34(39(37,38)24-14-11-20(3)12-15-24)19-28(35)33(21(4)29(36)32-6-2)18-22-13-16-25(30)26(31)17-22/h7-17,21H,5-6,18-19H2,1-4H3,(H,32,36)/t21-/m1/s1. The third-order valence-corrected chi connectivity index (χ3v) is 8.90. The van der Waals surface area contributed by atoms with Gasteiger partial charge in [0.05, 0.1) is 20.6 Å². The summed E-state index contributed by atoms with van der Waals surface area (Å²) in [6.45, 7) is 7.10. The molecule has 7 nitrogen and oxygen atoms in total. The van der Waals surface area contributed by atoms with Gasteiger partial charge in [-0.05, 0) is 68.7 Å². The molecule has 2 amide bonds. The Balaban J connectivity index is 2.08. The quantitative estimate of drug-likeness (QED) is 0.315. The maximum absolute atomic E-state index is 14.0. The second-order valence-corrected chi connectivity index (χ2v) is 11.8. The zero-order valence-electron chi connectivity index (χ0n) is 22.4. The first-order chi connectivity index (χ1) is 18.5. The SMILES string of the molecule is CCNC(=O)[C@@H](C)N(Cc1ccc(Cl)c(Cl)c1)C(=O)CN(c1ccccc1CC)S(=O)(=O)c1ccc(C)cc1. The molecule has 0 radical (unpaired) electrons. The minimum Gasteiger partial charge on any atom is -0.355 e. The number of hydrogen-bond donors (Lipinski definition) is 1. The van der Waals surface area contributed by atoms with E-state index in [0.29, 0.717) is 34.3 Å². The second-order valence-electron chi connectivity index (χ2n) is 9.15. The van der Waals surface area contributed by atoms with Crippen molar-refractivity contribution in [1.82, 2.24) is 10.2 Å². The number of benzene rings is 3. The van der Waals surface area contributed by atoms with Crippen LogP contribution in [0.4, 0.5) is 5.69 Å². The average Bonchev–Trinajstić information content (AvgIpc) is 2.92. The minimum atomic E-state index is -4.13. The van der Waals surface area contributed by atoms with Gasteiger partial charge in [0, 0.05) is 13.1 Å². The smallest absolute Gasteiger partial charge is 0.264 e. The Labute approximate surface area is 240 Å². The summed E-state index contributed by atoms with van der Waals surface area (Å²) in [5.74, 6) is -0.894. The van der Waals surface area contributed by atoms with Gasteiger partial charge in [0.25, 0.3) is 10.0 Å². The number of para-hydroxylation sites is 1. The molecule has 0 bridgehead atoms. The molecule has 0 fully saturated rings. The van der Waals surface area contributed by atoms with Crippen molar-refractivity contribution >= 4 is 50.7 Å². The number of sulfonamides is 1. The van der Waals surface area contributed by atoms with Crippen molar-refractivity contribution in [2.45, 2.75) is 51.6 Å². The van der Waals surface area contributed by atoms with Crippen molar-refractivity contribution in [3.05, 3.63) is 93.5 Å². The van der Waals surface area contributed by atoms with Gasteiger partial charge in [-0.3, -0.25) is 13.9 Å². The second kappa shape index (κ2) is 13.3. The Morgan fingerprint density at radius 1 is 0.949 bits per heavy atom. The lowest BCUT2D eigenvalue weighted by Crippen LogP contribution is -2.51. The van der Waals surface area contributed by atoms with E-state index in [1.807, 2.05) is 26.0 Å². The first kappa shape index (κ1) is 30.5. The average molecular weight is 591 g/mol. The first-order valence-electron chi connectivity index (χ1n) is 12.7. The maximum Gasteiger partial charge on any atom is 0.264 e. The normalized spacial score (nSPS) is 12.1. The summed E-state index contributed by atoms with van der Waals surface area (Å²) in [7, 11) is -4.13. The van der Waals surface area contributed by atoms with Crippen LogP contribution in [0.25, 0.3) is 0 Å². The fourth-order valence-corrected chi connectivity index (χ4v) is 5.92. The zero-order chi connectivity index (χ0) is 28.7. The third kappa shape index (κ3) is 7.32. The van der Waals surface area contributed by atoms with E-state index in [2.05, 4.69) is 5.32 Å². The van der Waals surface area contributed by atoms with Crippen LogP contribution in [0.5, 0.6) is 0 Å². The van der Waals surface area contributed by atoms with Crippen molar-refractivity contribution in [3.63, 3.8) is 0 Å². The van der Waals surface area contributed by atoms with Crippen LogP contribution < -0.4 is 9.62 Å². The number of hydrogen-bond acceptors (Lipinski definition) is 4. The number of anilines is 1. The molecule has 0 saturated heterocycles. The van der Waals surface area contributed by atoms with Gasteiger partial charge in [-0.2, -0.15) is 0 Å². The number of carbonyl (C=O) groups is 2. The van der Waals surface area contributed by atoms with Crippen molar-refractivity contribution in [2.75, 3.05) is 17.4 Å². The molecule has 0 aliphatic heterocycles. The molecular weight excluding hydrogens is 557 g/mol. The Kier molecular flexibility index (Phi) is 10.4. The lowest BCUT2D eigenvalue weighted by atomic mass is 10.1. The van der Waals surface area contributed by atoms with Gasteiger partial charge in [-0.15, -0.1) is 0 Å². The third-order valence-electron chi connectivity index (χ3n) is 6.38. The molecule has 0 unspecified atom stereocenters. The first-order valence-corrected chi connectivity index (χ1v) is 14.9. The van der Waals surface area contributed by atoms with Gasteiger partial charge in [-0.1, -0.05) is 72.1 Å². The van der Waals surface area contributed by atoms with E-state index in [1.54, 1.807) is 56.3 Å². The van der Waals surface area contributed by atoms with E-state index in [1.165, 1.54) is 17.0 Å². The molecule has 0 heterocycles. The molecule has 0 spiro atoms. The molecule has 1 atom stereocenters. The lowest BCUT2D eigenvalue weighted by molar-refractivity contribution is -0.139. The van der Waals surface area contributed by atoms with E-state index in [0.717, 1.165) is 15.4 Å². The summed E-state index contributed by atoms with van der Waals surface area (Å²) < 4.78 is 29.1. The molecule has 0 saturated carbocycles. The molecule has 3 rings (SSSR count). The Hall–Kier alpha value is -3.07. The van der Waals surface area contributed by atoms with E-state index in [4.69, 9.17) is 23.2 Å². The predicted molar refractivity (Wildman–Crippen MR) is 157 cm³/mol. The fourth-order valence-electron chi connectivity index (χ4n) is 4.14. The van der Waals surface area contributed by atoms with E-state index < -0.39 is 28.5 Å². The highest BCUT2D eigenvalue weighted by Gasteiger charge is 2.33. The summed E-state index contributed by atoms with van der Waals surface area (Å²) in [4.78, 5) is 28.2. The van der Waals surface area contributed by atoms with Crippen LogP contribution in [0.3, 0.4) is 0 Å². The summed E-state index contributed by atoms with van der Waals surface area (Å²) >= 11 is 12.3. The number of rotatable bonds is 11. The lowest BCUT2D eigenvalue weighted by Gasteiger charge is -2.32. The van der Waals surface area contributed by atoms with Gasteiger partial charge in [-0.25, -0.2) is 8.42 Å². The molecule has 0 aliphatic rings. The van der Waals surface area contributed by atoms with Crippen LogP contribution in [-0.4, -0.2) is 44.3 Å². The van der Waals surface area contributed by atoms with Gasteiger partial charge >= 0.3 is 0 Å². The zero-order valence-corrected chi connectivity index (χ0v) is 24.8. The number of halogens is 2. The molecule has 10 heteroatoms. The monoisotopic (exact) mass is 589 g/mol. The van der Waals surface area contributed by atoms with E-state index in [9.17, 15) is 18.0 Å². The van der Waals surface area contributed by atoms with E-state index >= 15 is 0 Å². The molecule has 3 aromatic carbocycles. The summed E-state index contributed by atoms with van der Waals surface area (Å²) in [6.07, 6.45) is 0.562. The minimum absolute atomic E-state index is 0.0296. The molecule has 1 N–H and O–H groups in total. The van der Waals surface area contributed by atoms with Crippen LogP contribution in [-0.2, 0) is 32.6 Å². The number of likely N-dealkylation sites (N-methyl/N-ethyl adjacent to an activating group) is 1. The number of nitrogens with zero attached hydrogens (tertiary/aromatic N) is 2. The van der Waals surface area contributed by atoms with Crippen molar-refractivity contribution in [2.24, 2.45) is 0 Å². The van der Waals surface area contributed by atoms with Crippen LogP contribution in [0, 0.1) is 6.92 Å². The largest absolute Gasteiger partial charge is 0.355 e. The highest BCUT2D eigenvalue weighted by atomic mass is 35.5. The molecule has 0 aromatic heterocycles. The van der Waals surface area contributed by atoms with Gasteiger partial charge in [0.1, 0.15) is 12.6 Å². The van der Waals surface area contributed by atoms with Crippen molar-refractivity contribution < 1.29 is 18.0 Å². The van der Waals surface area contributed by atoms with Crippen LogP contribution in [0.2, 0.25) is 10.0 Å². The topological polar surface area (TPSA) is 86.8 Å². The summed E-state index contributed by atoms with van der Waals surface area (Å²) in [5.41, 5.74) is 2.74. The summed E-state index contributed by atoms with van der Waals surface area (Å²) in [6, 6.07) is 17.7. The maximum atomic E-state index is 14.0. The van der Waals surface area contributed by atoms with Crippen LogP contribution in [0.15, 0.2) is 71.6 Å². The number of nitrogens with one attached hydrogen (secondary N) is 1. The van der Waals surface area contributed by atoms with Gasteiger partial charge in [0.15, 0.2) is 0 Å². The van der Waals surface area contributed by atoms with Gasteiger partial charge in [0.2, 0.25) is 11.8 Å². The van der Waals surface area contributed by atoms with Crippen LogP contribution in [0.1, 0.15) is 37.5 Å². The van der Waals surface area contributed by atoms with Gasteiger partial charge < -0.3 is 10.2 Å². The Bertz CT molecular complexity index is 1430. The molecule has 3 aromatic rings. The predicted octanol–water partition coefficient (Wildman–Crippen LogP) is 5.61. The van der Waals surface area contributed by atoms with Crippen molar-refractivity contribution in [1.29, 1.82) is 0 Å². The fraction of sp³-hybridized carbons (Fsp3) is 0.310. The number of amides is 2. The molecule has 39 heavy (non-hydrogen) atoms. The van der Waals surface area contributed by atoms with Crippen molar-refractivity contribution in [3.8, 4) is 0 Å². The molecular formula is C29H33Cl2N3O4S.